The molecular formula is C27H49N3O6S. The van der Waals surface area contributed by atoms with Crippen molar-refractivity contribution in [3.63, 3.8) is 0 Å². The zero-order chi connectivity index (χ0) is 27.9. The fourth-order valence-corrected chi connectivity index (χ4v) is 4.66. The number of benzene rings is 1. The van der Waals surface area contributed by atoms with Gasteiger partial charge in [-0.3, -0.25) is 9.59 Å². The fraction of sp³-hybridized carbons (Fsp3) is 0.704. The van der Waals surface area contributed by atoms with E-state index in [4.69, 9.17) is 21.7 Å². The molecular weight excluding hydrogens is 494 g/mol. The number of carbonyl (C=O) groups excluding carboxylic acids is 1. The molecule has 1 atom stereocenters. The van der Waals surface area contributed by atoms with Gasteiger partial charge in [-0.05, 0) is 30.7 Å². The van der Waals surface area contributed by atoms with E-state index in [1.54, 1.807) is 0 Å². The number of nitrogens with one attached hydrogen (secondary N) is 1. The summed E-state index contributed by atoms with van der Waals surface area (Å²) in [6.07, 6.45) is 19.2. The molecule has 1 aromatic carbocycles. The number of nitrogen functional groups attached to an aromatic ring is 1. The monoisotopic (exact) mass is 543 g/mol. The Morgan fingerprint density at radius 1 is 0.811 bits per heavy atom. The molecule has 0 spiro atoms. The van der Waals surface area contributed by atoms with Crippen LogP contribution >= 0.6 is 0 Å². The number of carboxylic acids is 1. The predicted molar refractivity (Wildman–Crippen MR) is 148 cm³/mol. The molecule has 1 rings (SSSR count). The smallest absolute Gasteiger partial charge is 0.322 e. The number of nitrogens with two attached hydrogens (primary N) is 2. The van der Waals surface area contributed by atoms with Gasteiger partial charge in [-0.25, -0.2) is 13.1 Å². The van der Waals surface area contributed by atoms with E-state index in [0.717, 1.165) is 19.3 Å². The van der Waals surface area contributed by atoms with E-state index in [1.165, 1.54) is 101 Å². The molecule has 0 heterocycles. The molecule has 0 aliphatic rings. The van der Waals surface area contributed by atoms with E-state index in [9.17, 15) is 18.0 Å². The van der Waals surface area contributed by atoms with E-state index in [1.807, 2.05) is 0 Å². The van der Waals surface area contributed by atoms with Crippen molar-refractivity contribution >= 4 is 27.6 Å². The topological polar surface area (TPSA) is 173 Å². The summed E-state index contributed by atoms with van der Waals surface area (Å²) in [4.78, 5) is 21.6. The Morgan fingerprint density at radius 3 is 1.57 bits per heavy atom. The fourth-order valence-electron chi connectivity index (χ4n) is 3.64. The minimum atomic E-state index is -3.80. The second kappa shape index (κ2) is 21.9. The third kappa shape index (κ3) is 19.6. The van der Waals surface area contributed by atoms with Crippen LogP contribution in [0.15, 0.2) is 29.2 Å². The lowest BCUT2D eigenvalue weighted by atomic mass is 10.0. The van der Waals surface area contributed by atoms with E-state index in [-0.39, 0.29) is 11.3 Å². The van der Waals surface area contributed by atoms with Gasteiger partial charge in [0.1, 0.15) is 6.04 Å². The number of rotatable bonds is 20. The average Bonchev–Trinajstić information content (AvgIpc) is 2.86. The molecule has 9 nitrogen and oxygen atoms in total. The Kier molecular flexibility index (Phi) is 20.6. The number of unbranched alkanes of at least 4 members (excludes halogenated alkanes) is 14. The van der Waals surface area contributed by atoms with Gasteiger partial charge in [0.25, 0.3) is 10.0 Å². The zero-order valence-electron chi connectivity index (χ0n) is 22.5. The summed E-state index contributed by atoms with van der Waals surface area (Å²) in [7, 11) is -3.80. The van der Waals surface area contributed by atoms with Gasteiger partial charge in [0.15, 0.2) is 0 Å². The number of carboxylic acid groups (broad SMARTS) is 1. The van der Waals surface area contributed by atoms with Crippen molar-refractivity contribution in [2.24, 2.45) is 5.73 Å². The Hall–Kier alpha value is -2.17. The highest BCUT2D eigenvalue weighted by Gasteiger charge is 2.16. The number of sulfonamides is 1. The number of aliphatic hydroxyl groups excluding tert-OH is 1. The normalized spacial score (nSPS) is 11.9. The Balaban J connectivity index is 0.00000161. The van der Waals surface area contributed by atoms with Gasteiger partial charge in [0, 0.05) is 12.1 Å². The third-order valence-electron chi connectivity index (χ3n) is 5.96. The number of amides is 1. The molecule has 0 radical (unpaired) electrons. The SMILES string of the molecule is CCCCCCCCCCCCCCCCCC(=O)NS(=O)(=O)c1ccc(N)cc1.N[C@@H](CO)C(=O)O. The van der Waals surface area contributed by atoms with Gasteiger partial charge >= 0.3 is 5.97 Å². The highest BCUT2D eigenvalue weighted by molar-refractivity contribution is 7.90. The van der Waals surface area contributed by atoms with Gasteiger partial charge in [0.05, 0.1) is 11.5 Å². The second-order valence-corrected chi connectivity index (χ2v) is 11.1. The first-order chi connectivity index (χ1) is 17.6. The summed E-state index contributed by atoms with van der Waals surface area (Å²) < 4.78 is 26.4. The molecule has 0 unspecified atom stereocenters. The van der Waals surface area contributed by atoms with Crippen LogP contribution in [0.3, 0.4) is 0 Å². The zero-order valence-corrected chi connectivity index (χ0v) is 23.3. The van der Waals surface area contributed by atoms with Crippen molar-refractivity contribution in [2.45, 2.75) is 121 Å². The first-order valence-electron chi connectivity index (χ1n) is 13.6. The van der Waals surface area contributed by atoms with E-state index < -0.39 is 34.5 Å². The van der Waals surface area contributed by atoms with Crippen molar-refractivity contribution in [3.05, 3.63) is 24.3 Å². The van der Waals surface area contributed by atoms with Crippen molar-refractivity contribution in [3.8, 4) is 0 Å². The highest BCUT2D eigenvalue weighted by atomic mass is 32.2. The van der Waals surface area contributed by atoms with Gasteiger partial charge in [-0.1, -0.05) is 96.8 Å². The molecule has 0 aliphatic carbocycles. The van der Waals surface area contributed by atoms with E-state index in [0.29, 0.717) is 5.69 Å². The van der Waals surface area contributed by atoms with Crippen LogP contribution in [-0.4, -0.2) is 43.2 Å². The van der Waals surface area contributed by atoms with Crippen LogP contribution < -0.4 is 16.2 Å². The van der Waals surface area contributed by atoms with Crippen LogP contribution in [0.25, 0.3) is 0 Å². The molecule has 10 heteroatoms. The molecule has 0 bridgehead atoms. The maximum atomic E-state index is 12.1. The molecule has 0 saturated carbocycles. The lowest BCUT2D eigenvalue weighted by Gasteiger charge is -2.07. The average molecular weight is 544 g/mol. The number of carbonyl (C=O) groups is 2. The van der Waals surface area contributed by atoms with Crippen molar-refractivity contribution in [1.29, 1.82) is 0 Å². The van der Waals surface area contributed by atoms with Crippen molar-refractivity contribution in [2.75, 3.05) is 12.3 Å². The third-order valence-corrected chi connectivity index (χ3v) is 7.35. The summed E-state index contributed by atoms with van der Waals surface area (Å²) in [6.45, 7) is 1.75. The summed E-state index contributed by atoms with van der Waals surface area (Å²) in [5, 5.41) is 15.9. The maximum Gasteiger partial charge on any atom is 0.322 e. The van der Waals surface area contributed by atoms with E-state index >= 15 is 0 Å². The Bertz CT molecular complexity index is 831. The summed E-state index contributed by atoms with van der Waals surface area (Å²) >= 11 is 0. The minimum Gasteiger partial charge on any atom is -0.480 e. The van der Waals surface area contributed by atoms with Crippen LogP contribution in [0, 0.1) is 0 Å². The van der Waals surface area contributed by atoms with Crippen LogP contribution in [0.4, 0.5) is 5.69 Å². The summed E-state index contributed by atoms with van der Waals surface area (Å²) in [6, 6.07) is 4.69. The minimum absolute atomic E-state index is 0.0570. The molecule has 0 aliphatic heterocycles. The number of aliphatic carboxylic acids is 1. The quantitative estimate of drug-likeness (QED) is 0.116. The molecule has 0 saturated heterocycles. The Morgan fingerprint density at radius 2 is 1.22 bits per heavy atom. The molecule has 214 valence electrons. The van der Waals surface area contributed by atoms with Crippen LogP contribution in [0.5, 0.6) is 0 Å². The first-order valence-corrected chi connectivity index (χ1v) is 15.1. The largest absolute Gasteiger partial charge is 0.480 e. The molecule has 0 fully saturated rings. The summed E-state index contributed by atoms with van der Waals surface area (Å²) in [5.74, 6) is -1.62. The maximum absolute atomic E-state index is 12.1. The number of anilines is 1. The van der Waals surface area contributed by atoms with Gasteiger partial charge in [-0.2, -0.15) is 0 Å². The number of aliphatic hydroxyl groups is 1. The van der Waals surface area contributed by atoms with Gasteiger partial charge in [0.2, 0.25) is 5.91 Å². The molecule has 1 aromatic rings. The van der Waals surface area contributed by atoms with E-state index in [2.05, 4.69) is 11.6 Å². The first kappa shape index (κ1) is 34.8. The predicted octanol–water partition coefficient (Wildman–Crippen LogP) is 4.73. The molecule has 7 N–H and O–H groups in total. The molecule has 0 aromatic heterocycles. The number of hydrogen-bond acceptors (Lipinski definition) is 7. The van der Waals surface area contributed by atoms with Crippen molar-refractivity contribution in [1.82, 2.24) is 4.72 Å². The summed E-state index contributed by atoms with van der Waals surface area (Å²) in [5.41, 5.74) is 10.8. The number of hydrogen-bond donors (Lipinski definition) is 5. The van der Waals surface area contributed by atoms with Gasteiger partial charge in [-0.15, -0.1) is 0 Å². The lowest BCUT2D eigenvalue weighted by Crippen LogP contribution is -2.33. The molecule has 37 heavy (non-hydrogen) atoms. The van der Waals surface area contributed by atoms with Crippen LogP contribution in [0.1, 0.15) is 110 Å². The standard InChI is InChI=1S/C24H42N2O3S.C3H7NO3/c1-2-3-4-5-6-7-8-9-10-11-12-13-14-15-16-17-24(27)26-30(28,29)23-20-18-22(25)19-21-23;4-2(1-5)3(6)7/h18-21H,2-17,25H2,1H3,(H,26,27);2,5H,1,4H2,(H,6,7)/t;2-/m.0/s1. The highest BCUT2D eigenvalue weighted by Crippen LogP contribution is 2.14. The van der Waals surface area contributed by atoms with Crippen LogP contribution in [0.2, 0.25) is 0 Å². The van der Waals surface area contributed by atoms with Crippen LogP contribution in [-0.2, 0) is 19.6 Å². The molecule has 1 amide bonds. The lowest BCUT2D eigenvalue weighted by molar-refractivity contribution is -0.139. The Labute approximate surface area is 223 Å². The van der Waals surface area contributed by atoms with Gasteiger partial charge < -0.3 is 21.7 Å². The second-order valence-electron chi connectivity index (χ2n) is 9.42. The van der Waals surface area contributed by atoms with Crippen molar-refractivity contribution < 1.29 is 28.2 Å².